The molecule has 1 aromatic rings. The van der Waals surface area contributed by atoms with Crippen LogP contribution in [0.4, 0.5) is 10.5 Å². The Labute approximate surface area is 176 Å². The van der Waals surface area contributed by atoms with Crippen LogP contribution in [0, 0.1) is 5.92 Å². The van der Waals surface area contributed by atoms with Gasteiger partial charge >= 0.3 is 18.0 Å². The van der Waals surface area contributed by atoms with Crippen LogP contribution in [0.2, 0.25) is 0 Å². The average molecular weight is 419 g/mol. The number of amides is 3. The van der Waals surface area contributed by atoms with Crippen molar-refractivity contribution in [1.82, 2.24) is 10.2 Å². The number of methoxy groups -OCH3 is 1. The first-order chi connectivity index (χ1) is 14.2. The van der Waals surface area contributed by atoms with Gasteiger partial charge in [-0.2, -0.15) is 0 Å². The van der Waals surface area contributed by atoms with Crippen molar-refractivity contribution < 1.29 is 28.7 Å². The molecule has 9 nitrogen and oxygen atoms in total. The molecule has 1 fully saturated rings. The van der Waals surface area contributed by atoms with Gasteiger partial charge in [0.2, 0.25) is 5.91 Å². The van der Waals surface area contributed by atoms with E-state index in [0.717, 1.165) is 0 Å². The predicted molar refractivity (Wildman–Crippen MR) is 110 cm³/mol. The minimum Gasteiger partial charge on any atom is -0.466 e. The lowest BCUT2D eigenvalue weighted by Crippen LogP contribution is -2.58. The number of carbonyl (C=O) groups is 4. The highest BCUT2D eigenvalue weighted by Crippen LogP contribution is 2.21. The van der Waals surface area contributed by atoms with E-state index in [2.05, 4.69) is 15.4 Å². The molecular weight excluding hydrogens is 390 g/mol. The minimum absolute atomic E-state index is 0.199. The summed E-state index contributed by atoms with van der Waals surface area (Å²) in [5.41, 5.74) is -0.454. The third-order valence-electron chi connectivity index (χ3n) is 4.90. The van der Waals surface area contributed by atoms with Crippen molar-refractivity contribution in [2.24, 2.45) is 5.92 Å². The Morgan fingerprint density at radius 3 is 2.43 bits per heavy atom. The zero-order valence-electron chi connectivity index (χ0n) is 17.8. The van der Waals surface area contributed by atoms with Crippen molar-refractivity contribution in [2.75, 3.05) is 32.1 Å². The molecular formula is C21H29N3O6. The third kappa shape index (κ3) is 5.95. The van der Waals surface area contributed by atoms with Crippen LogP contribution in [0.25, 0.3) is 0 Å². The molecule has 1 saturated heterocycles. The third-order valence-corrected chi connectivity index (χ3v) is 4.90. The summed E-state index contributed by atoms with van der Waals surface area (Å²) in [5, 5.41) is 5.29. The number of urea groups is 1. The van der Waals surface area contributed by atoms with E-state index in [9.17, 15) is 19.2 Å². The Bertz CT molecular complexity index is 800. The summed E-state index contributed by atoms with van der Waals surface area (Å²) in [7, 11) is 1.28. The second kappa shape index (κ2) is 10.1. The number of nitrogens with zero attached hydrogens (tertiary/aromatic N) is 1. The zero-order valence-corrected chi connectivity index (χ0v) is 17.8. The molecule has 0 atom stereocenters. The van der Waals surface area contributed by atoms with Crippen LogP contribution in [0.3, 0.4) is 0 Å². The number of ether oxygens (including phenoxy) is 2. The molecule has 0 saturated carbocycles. The van der Waals surface area contributed by atoms with Gasteiger partial charge in [0.05, 0.1) is 25.2 Å². The summed E-state index contributed by atoms with van der Waals surface area (Å²) in [6, 6.07) is 5.73. The number of hydrogen-bond acceptors (Lipinski definition) is 6. The summed E-state index contributed by atoms with van der Waals surface area (Å²) in [5.74, 6) is -1.17. The quantitative estimate of drug-likeness (QED) is 0.683. The fourth-order valence-corrected chi connectivity index (χ4v) is 3.32. The van der Waals surface area contributed by atoms with Gasteiger partial charge in [0.15, 0.2) is 0 Å². The van der Waals surface area contributed by atoms with Crippen LogP contribution in [-0.4, -0.2) is 61.1 Å². The highest BCUT2D eigenvalue weighted by atomic mass is 16.5. The van der Waals surface area contributed by atoms with Crippen molar-refractivity contribution in [3.05, 3.63) is 29.8 Å². The van der Waals surface area contributed by atoms with Gasteiger partial charge < -0.3 is 25.0 Å². The number of nitrogens with one attached hydrogen (secondary N) is 2. The highest BCUT2D eigenvalue weighted by Gasteiger charge is 2.36. The van der Waals surface area contributed by atoms with Gasteiger partial charge in [-0.3, -0.25) is 9.59 Å². The Kier molecular flexibility index (Phi) is 7.79. The molecule has 0 spiro atoms. The molecule has 2 N–H and O–H groups in total. The van der Waals surface area contributed by atoms with E-state index in [0.29, 0.717) is 43.8 Å². The number of carbonyl (C=O) groups excluding carboxylic acids is 4. The van der Waals surface area contributed by atoms with Crippen LogP contribution >= 0.6 is 0 Å². The Hall–Kier alpha value is -3.10. The van der Waals surface area contributed by atoms with Crippen molar-refractivity contribution in [3.63, 3.8) is 0 Å². The maximum atomic E-state index is 12.9. The van der Waals surface area contributed by atoms with Gasteiger partial charge in [0.1, 0.15) is 5.54 Å². The Morgan fingerprint density at radius 2 is 1.83 bits per heavy atom. The van der Waals surface area contributed by atoms with Crippen molar-refractivity contribution >= 4 is 29.6 Å². The second-order valence-corrected chi connectivity index (χ2v) is 7.60. The lowest BCUT2D eigenvalue weighted by Gasteiger charge is -2.36. The average Bonchev–Trinajstić information content (AvgIpc) is 2.72. The van der Waals surface area contributed by atoms with Gasteiger partial charge in [-0.1, -0.05) is 6.07 Å². The van der Waals surface area contributed by atoms with E-state index < -0.39 is 17.5 Å². The topological polar surface area (TPSA) is 114 Å². The van der Waals surface area contributed by atoms with Crippen LogP contribution in [0.1, 0.15) is 44.0 Å². The number of anilines is 1. The molecule has 1 aliphatic rings. The molecule has 1 aliphatic heterocycles. The normalized spacial score (nSPS) is 14.6. The number of benzene rings is 1. The van der Waals surface area contributed by atoms with Crippen LogP contribution in [0.5, 0.6) is 0 Å². The first kappa shape index (κ1) is 23.2. The number of hydrogen-bond donors (Lipinski definition) is 2. The summed E-state index contributed by atoms with van der Waals surface area (Å²) in [4.78, 5) is 50.4. The smallest absolute Gasteiger partial charge is 0.337 e. The van der Waals surface area contributed by atoms with Crippen LogP contribution < -0.4 is 10.6 Å². The van der Waals surface area contributed by atoms with Crippen molar-refractivity contribution in [3.8, 4) is 0 Å². The largest absolute Gasteiger partial charge is 0.466 e. The molecule has 0 unspecified atom stereocenters. The maximum Gasteiger partial charge on any atom is 0.337 e. The minimum atomic E-state index is -1.15. The summed E-state index contributed by atoms with van der Waals surface area (Å²) < 4.78 is 9.71. The molecule has 1 heterocycles. The standard InChI is InChI=1S/C21H29N3O6/c1-5-30-18(26)14-9-11-24(12-10-14)19(27)21(2,3)23-20(28)22-16-8-6-7-15(13-16)17(25)29-4/h6-8,13-14H,5,9-12H2,1-4H3,(H2,22,23,28). The molecule has 9 heteroatoms. The predicted octanol–water partition coefficient (Wildman–Crippen LogP) is 2.17. The van der Waals surface area contributed by atoms with E-state index in [1.807, 2.05) is 0 Å². The molecule has 0 aliphatic carbocycles. The number of likely N-dealkylation sites (tertiary alicyclic amines) is 1. The summed E-state index contributed by atoms with van der Waals surface area (Å²) in [6.07, 6.45) is 1.07. The highest BCUT2D eigenvalue weighted by molar-refractivity contribution is 5.97. The fraction of sp³-hybridized carbons (Fsp3) is 0.524. The number of rotatable bonds is 6. The van der Waals surface area contributed by atoms with Gasteiger partial charge in [-0.25, -0.2) is 9.59 Å². The van der Waals surface area contributed by atoms with E-state index >= 15 is 0 Å². The van der Waals surface area contributed by atoms with E-state index in [1.54, 1.807) is 43.9 Å². The Balaban J connectivity index is 1.92. The Morgan fingerprint density at radius 1 is 1.17 bits per heavy atom. The first-order valence-corrected chi connectivity index (χ1v) is 9.91. The van der Waals surface area contributed by atoms with Crippen molar-refractivity contribution in [1.29, 1.82) is 0 Å². The second-order valence-electron chi connectivity index (χ2n) is 7.60. The summed E-state index contributed by atoms with van der Waals surface area (Å²) in [6.45, 7) is 6.20. The van der Waals surface area contributed by atoms with E-state index in [-0.39, 0.29) is 17.8 Å². The maximum absolute atomic E-state index is 12.9. The lowest BCUT2D eigenvalue weighted by atomic mass is 9.94. The first-order valence-electron chi connectivity index (χ1n) is 9.91. The lowest BCUT2D eigenvalue weighted by molar-refractivity contribution is -0.152. The van der Waals surface area contributed by atoms with E-state index in [4.69, 9.17) is 4.74 Å². The molecule has 0 radical (unpaired) electrons. The molecule has 164 valence electrons. The van der Waals surface area contributed by atoms with Gasteiger partial charge in [0, 0.05) is 18.8 Å². The van der Waals surface area contributed by atoms with Crippen molar-refractivity contribution in [2.45, 2.75) is 39.2 Å². The van der Waals surface area contributed by atoms with Gasteiger partial charge in [-0.15, -0.1) is 0 Å². The van der Waals surface area contributed by atoms with Gasteiger partial charge in [-0.05, 0) is 51.8 Å². The molecule has 1 aromatic carbocycles. The molecule has 0 bridgehead atoms. The molecule has 3 amide bonds. The van der Waals surface area contributed by atoms with E-state index in [1.165, 1.54) is 13.2 Å². The summed E-state index contributed by atoms with van der Waals surface area (Å²) >= 11 is 0. The fourth-order valence-electron chi connectivity index (χ4n) is 3.32. The SMILES string of the molecule is CCOC(=O)C1CCN(C(=O)C(C)(C)NC(=O)Nc2cccc(C(=O)OC)c2)CC1. The number of piperidine rings is 1. The molecule has 30 heavy (non-hydrogen) atoms. The monoisotopic (exact) mass is 419 g/mol. The number of esters is 2. The van der Waals surface area contributed by atoms with Crippen LogP contribution in [-0.2, 0) is 19.1 Å². The zero-order chi connectivity index (χ0) is 22.3. The van der Waals surface area contributed by atoms with Gasteiger partial charge in [0.25, 0.3) is 0 Å². The molecule has 0 aromatic heterocycles. The van der Waals surface area contributed by atoms with Crippen LogP contribution in [0.15, 0.2) is 24.3 Å². The molecule has 2 rings (SSSR count).